The Labute approximate surface area is 196 Å². The van der Waals surface area contributed by atoms with E-state index in [1.165, 1.54) is 62.8 Å². The molecule has 0 aliphatic rings. The van der Waals surface area contributed by atoms with Gasteiger partial charge in [0, 0.05) is 17.3 Å². The lowest BCUT2D eigenvalue weighted by atomic mass is 10.1. The highest BCUT2D eigenvalue weighted by Crippen LogP contribution is 2.37. The molecule has 0 spiro atoms. The van der Waals surface area contributed by atoms with E-state index in [4.69, 9.17) is 21.1 Å². The van der Waals surface area contributed by atoms with Gasteiger partial charge in [-0.15, -0.1) is 0 Å². The Kier molecular flexibility index (Phi) is 7.14. The average molecular weight is 493 g/mol. The average Bonchev–Trinajstić information content (AvgIpc) is 2.76. The lowest BCUT2D eigenvalue weighted by molar-refractivity contribution is 0.102. The summed E-state index contributed by atoms with van der Waals surface area (Å²) in [6.45, 7) is 3.32. The van der Waals surface area contributed by atoms with Crippen molar-refractivity contribution in [3.63, 3.8) is 0 Å². The van der Waals surface area contributed by atoms with Crippen LogP contribution in [0.5, 0.6) is 11.5 Å². The molecule has 7 nitrogen and oxygen atoms in total. The van der Waals surface area contributed by atoms with Crippen LogP contribution in [0.4, 0.5) is 15.8 Å². The number of ether oxygens (including phenoxy) is 2. The monoisotopic (exact) mass is 492 g/mol. The fourth-order valence-electron chi connectivity index (χ4n) is 3.09. The van der Waals surface area contributed by atoms with Crippen molar-refractivity contribution in [2.45, 2.75) is 18.7 Å². The third-order valence-corrected chi connectivity index (χ3v) is 6.71. The summed E-state index contributed by atoms with van der Waals surface area (Å²) < 4.78 is 52.7. The van der Waals surface area contributed by atoms with Gasteiger partial charge in [-0.25, -0.2) is 12.8 Å². The predicted molar refractivity (Wildman–Crippen MR) is 126 cm³/mol. The largest absolute Gasteiger partial charge is 0.495 e. The first-order valence-electron chi connectivity index (χ1n) is 9.68. The summed E-state index contributed by atoms with van der Waals surface area (Å²) in [4.78, 5) is 12.6. The van der Waals surface area contributed by atoms with E-state index < -0.39 is 21.7 Å². The summed E-state index contributed by atoms with van der Waals surface area (Å²) in [5, 5.41) is 2.79. The number of benzene rings is 3. The van der Waals surface area contributed by atoms with Gasteiger partial charge in [0.15, 0.2) is 0 Å². The molecule has 0 fully saturated rings. The molecule has 10 heteroatoms. The zero-order chi connectivity index (χ0) is 24.3. The first-order valence-corrected chi connectivity index (χ1v) is 11.5. The number of carbonyl (C=O) groups excluding carboxylic acids is 1. The van der Waals surface area contributed by atoms with E-state index >= 15 is 0 Å². The van der Waals surface area contributed by atoms with Crippen molar-refractivity contribution in [1.82, 2.24) is 0 Å². The van der Waals surface area contributed by atoms with Gasteiger partial charge in [0.05, 0.1) is 29.8 Å². The van der Waals surface area contributed by atoms with Crippen LogP contribution >= 0.6 is 11.6 Å². The molecule has 0 saturated carbocycles. The maximum absolute atomic E-state index is 13.6. The van der Waals surface area contributed by atoms with Crippen molar-refractivity contribution in [2.75, 3.05) is 24.3 Å². The highest BCUT2D eigenvalue weighted by atomic mass is 35.5. The Hall–Kier alpha value is -3.30. The van der Waals surface area contributed by atoms with Crippen molar-refractivity contribution in [3.05, 3.63) is 76.1 Å². The van der Waals surface area contributed by atoms with E-state index in [-0.39, 0.29) is 26.9 Å². The van der Waals surface area contributed by atoms with Crippen LogP contribution in [0.1, 0.15) is 21.5 Å². The molecule has 0 unspecified atom stereocenters. The third kappa shape index (κ3) is 5.37. The molecule has 0 aliphatic carbocycles. The second-order valence-corrected chi connectivity index (χ2v) is 9.24. The van der Waals surface area contributed by atoms with Crippen molar-refractivity contribution in [3.8, 4) is 11.5 Å². The van der Waals surface area contributed by atoms with Gasteiger partial charge in [-0.3, -0.25) is 9.52 Å². The molecule has 0 atom stereocenters. The standard InChI is InChI=1S/C23H22ClFN2O5S/c1-13-6-8-16(25)10-18(13)26-23(28)15-7-5-14(2)22(9-15)33(29,30)27-19-11-17(24)20(31-3)12-21(19)32-4/h5-12,27H,1-4H3,(H,26,28). The second kappa shape index (κ2) is 9.68. The SMILES string of the molecule is COc1cc(OC)c(NS(=O)(=O)c2cc(C(=O)Nc3cc(F)ccc3C)ccc2C)cc1Cl. The Bertz CT molecular complexity index is 1330. The number of methoxy groups -OCH3 is 2. The summed E-state index contributed by atoms with van der Waals surface area (Å²) in [6.07, 6.45) is 0. The van der Waals surface area contributed by atoms with Gasteiger partial charge in [-0.1, -0.05) is 23.7 Å². The zero-order valence-corrected chi connectivity index (χ0v) is 19.9. The van der Waals surface area contributed by atoms with Crippen LogP contribution in [-0.4, -0.2) is 28.5 Å². The molecule has 0 aromatic heterocycles. The van der Waals surface area contributed by atoms with Crippen LogP contribution in [-0.2, 0) is 10.0 Å². The molecule has 3 aromatic rings. The predicted octanol–water partition coefficient (Wildman–Crippen LogP) is 5.17. The maximum Gasteiger partial charge on any atom is 0.262 e. The Morgan fingerprint density at radius 2 is 1.58 bits per heavy atom. The summed E-state index contributed by atoms with van der Waals surface area (Å²) in [5.74, 6) is -0.559. The molecule has 3 aromatic carbocycles. The van der Waals surface area contributed by atoms with Gasteiger partial charge in [0.25, 0.3) is 15.9 Å². The minimum Gasteiger partial charge on any atom is -0.495 e. The molecule has 2 N–H and O–H groups in total. The van der Waals surface area contributed by atoms with E-state index in [0.29, 0.717) is 22.6 Å². The molecular formula is C23H22ClFN2O5S. The second-order valence-electron chi connectivity index (χ2n) is 7.19. The Morgan fingerprint density at radius 3 is 2.24 bits per heavy atom. The fourth-order valence-corrected chi connectivity index (χ4v) is 4.67. The van der Waals surface area contributed by atoms with Crippen LogP contribution < -0.4 is 19.5 Å². The van der Waals surface area contributed by atoms with Crippen LogP contribution in [0, 0.1) is 19.7 Å². The first-order chi connectivity index (χ1) is 15.6. The number of aryl methyl sites for hydroxylation is 2. The van der Waals surface area contributed by atoms with E-state index in [0.717, 1.165) is 0 Å². The van der Waals surface area contributed by atoms with E-state index in [2.05, 4.69) is 10.0 Å². The molecule has 0 saturated heterocycles. The normalized spacial score (nSPS) is 11.1. The molecule has 0 heterocycles. The first kappa shape index (κ1) is 24.3. The minimum atomic E-state index is -4.13. The third-order valence-electron chi connectivity index (χ3n) is 4.91. The highest BCUT2D eigenvalue weighted by Gasteiger charge is 2.22. The fraction of sp³-hybridized carbons (Fsp3) is 0.174. The van der Waals surface area contributed by atoms with Crippen LogP contribution in [0.25, 0.3) is 0 Å². The number of hydrogen-bond donors (Lipinski definition) is 2. The molecule has 174 valence electrons. The van der Waals surface area contributed by atoms with Crippen molar-refractivity contribution in [1.29, 1.82) is 0 Å². The van der Waals surface area contributed by atoms with Gasteiger partial charge in [-0.2, -0.15) is 0 Å². The van der Waals surface area contributed by atoms with Crippen LogP contribution in [0.15, 0.2) is 53.4 Å². The minimum absolute atomic E-state index is 0.0874. The topological polar surface area (TPSA) is 93.7 Å². The molecule has 0 aliphatic heterocycles. The van der Waals surface area contributed by atoms with Crippen molar-refractivity contribution >= 4 is 38.9 Å². The van der Waals surface area contributed by atoms with E-state index in [9.17, 15) is 17.6 Å². The molecule has 1 amide bonds. The number of sulfonamides is 1. The van der Waals surface area contributed by atoms with E-state index in [1.54, 1.807) is 13.8 Å². The summed E-state index contributed by atoms with van der Waals surface area (Å²) >= 11 is 6.14. The van der Waals surface area contributed by atoms with Crippen LogP contribution in [0.3, 0.4) is 0 Å². The quantitative estimate of drug-likeness (QED) is 0.474. The molecule has 3 rings (SSSR count). The summed E-state index contributed by atoms with van der Waals surface area (Å²) in [5.41, 5.74) is 1.56. The highest BCUT2D eigenvalue weighted by molar-refractivity contribution is 7.92. The summed E-state index contributed by atoms with van der Waals surface area (Å²) in [6, 6.07) is 11.1. The number of nitrogens with one attached hydrogen (secondary N) is 2. The Balaban J connectivity index is 1.95. The smallest absolute Gasteiger partial charge is 0.262 e. The van der Waals surface area contributed by atoms with Crippen LogP contribution in [0.2, 0.25) is 5.02 Å². The number of rotatable bonds is 7. The summed E-state index contributed by atoms with van der Waals surface area (Å²) in [7, 11) is -1.32. The van der Waals surface area contributed by atoms with Gasteiger partial charge >= 0.3 is 0 Å². The van der Waals surface area contributed by atoms with Gasteiger partial charge in [0.1, 0.15) is 17.3 Å². The lowest BCUT2D eigenvalue weighted by Crippen LogP contribution is -2.18. The number of anilines is 2. The molecule has 0 bridgehead atoms. The van der Waals surface area contributed by atoms with Gasteiger partial charge in [-0.05, 0) is 55.3 Å². The molecule has 33 heavy (non-hydrogen) atoms. The molecule has 0 radical (unpaired) electrons. The van der Waals surface area contributed by atoms with E-state index in [1.807, 2.05) is 0 Å². The number of hydrogen-bond acceptors (Lipinski definition) is 5. The van der Waals surface area contributed by atoms with Crippen molar-refractivity contribution in [2.24, 2.45) is 0 Å². The lowest BCUT2D eigenvalue weighted by Gasteiger charge is -2.16. The van der Waals surface area contributed by atoms with Crippen molar-refractivity contribution < 1.29 is 27.1 Å². The van der Waals surface area contributed by atoms with Gasteiger partial charge < -0.3 is 14.8 Å². The number of amides is 1. The number of halogens is 2. The maximum atomic E-state index is 13.6. The number of carbonyl (C=O) groups is 1. The zero-order valence-electron chi connectivity index (χ0n) is 18.3. The van der Waals surface area contributed by atoms with Gasteiger partial charge in [0.2, 0.25) is 0 Å². The Morgan fingerprint density at radius 1 is 0.909 bits per heavy atom. The molecular weight excluding hydrogens is 471 g/mol.